The monoisotopic (exact) mass is 279 g/mol. The molecule has 0 spiro atoms. The summed E-state index contributed by atoms with van der Waals surface area (Å²) in [5.74, 6) is 4.08. The predicted molar refractivity (Wildman–Crippen MR) is 83.0 cm³/mol. The predicted octanol–water partition coefficient (Wildman–Crippen LogP) is 4.06. The summed E-state index contributed by atoms with van der Waals surface area (Å²) in [6.45, 7) is 7.27. The summed E-state index contributed by atoms with van der Waals surface area (Å²) in [4.78, 5) is 9.29. The fourth-order valence-electron chi connectivity index (χ4n) is 2.55. The molecule has 0 amide bonds. The smallest absolute Gasteiger partial charge is 0.133 e. The Morgan fingerprint density at radius 3 is 2.58 bits per heavy atom. The van der Waals surface area contributed by atoms with Gasteiger partial charge < -0.3 is 5.32 Å². The second-order valence-corrected chi connectivity index (χ2v) is 6.27. The standard InChI is InChI=1S/C15H25N3S/c1-4-13-17-14(16-5-2)11(3)15(18-13)19-10-12-8-6-7-9-12/h12H,4-10H2,1-3H3,(H,16,17,18). The fraction of sp³-hybridized carbons (Fsp3) is 0.733. The van der Waals surface area contributed by atoms with E-state index < -0.39 is 0 Å². The first-order valence-corrected chi connectivity index (χ1v) is 8.47. The number of nitrogens with zero attached hydrogens (tertiary/aromatic N) is 2. The molecule has 1 aromatic heterocycles. The summed E-state index contributed by atoms with van der Waals surface area (Å²) in [6.07, 6.45) is 6.53. The summed E-state index contributed by atoms with van der Waals surface area (Å²) < 4.78 is 0. The lowest BCUT2D eigenvalue weighted by Gasteiger charge is -2.14. The van der Waals surface area contributed by atoms with Crippen molar-refractivity contribution < 1.29 is 0 Å². The molecule has 1 aliphatic rings. The number of rotatable bonds is 6. The van der Waals surface area contributed by atoms with E-state index in [0.29, 0.717) is 0 Å². The number of thioether (sulfide) groups is 1. The minimum atomic E-state index is 0.895. The number of anilines is 1. The molecule has 1 N–H and O–H groups in total. The second kappa shape index (κ2) is 7.13. The van der Waals surface area contributed by atoms with Gasteiger partial charge in [0.15, 0.2) is 0 Å². The molecule has 2 rings (SSSR count). The van der Waals surface area contributed by atoms with Gasteiger partial charge in [-0.1, -0.05) is 19.8 Å². The normalized spacial score (nSPS) is 15.9. The van der Waals surface area contributed by atoms with Crippen LogP contribution in [0.1, 0.15) is 50.9 Å². The number of aromatic nitrogens is 2. The molecule has 1 heterocycles. The van der Waals surface area contributed by atoms with Crippen LogP contribution in [0.25, 0.3) is 0 Å². The first-order valence-electron chi connectivity index (χ1n) is 7.48. The summed E-state index contributed by atoms with van der Waals surface area (Å²) in [6, 6.07) is 0. The van der Waals surface area contributed by atoms with Gasteiger partial charge >= 0.3 is 0 Å². The van der Waals surface area contributed by atoms with Crippen LogP contribution in [0, 0.1) is 12.8 Å². The van der Waals surface area contributed by atoms with E-state index in [1.54, 1.807) is 0 Å². The first-order chi connectivity index (χ1) is 9.24. The van der Waals surface area contributed by atoms with Crippen molar-refractivity contribution in [2.75, 3.05) is 17.6 Å². The summed E-state index contributed by atoms with van der Waals surface area (Å²) in [5.41, 5.74) is 1.21. The Balaban J connectivity index is 2.10. The highest BCUT2D eigenvalue weighted by molar-refractivity contribution is 7.99. The van der Waals surface area contributed by atoms with Crippen LogP contribution in [0.15, 0.2) is 5.03 Å². The number of aryl methyl sites for hydroxylation is 1. The van der Waals surface area contributed by atoms with Crippen molar-refractivity contribution in [3.05, 3.63) is 11.4 Å². The Morgan fingerprint density at radius 2 is 1.95 bits per heavy atom. The number of hydrogen-bond acceptors (Lipinski definition) is 4. The van der Waals surface area contributed by atoms with Gasteiger partial charge in [0, 0.05) is 24.3 Å². The molecular weight excluding hydrogens is 254 g/mol. The van der Waals surface area contributed by atoms with E-state index in [1.165, 1.54) is 42.0 Å². The topological polar surface area (TPSA) is 37.8 Å². The zero-order valence-corrected chi connectivity index (χ0v) is 13.1. The highest BCUT2D eigenvalue weighted by Gasteiger charge is 2.17. The molecule has 0 bridgehead atoms. The van der Waals surface area contributed by atoms with Crippen molar-refractivity contribution in [1.29, 1.82) is 0 Å². The van der Waals surface area contributed by atoms with Gasteiger partial charge in [0.1, 0.15) is 16.7 Å². The third-order valence-corrected chi connectivity index (χ3v) is 5.05. The van der Waals surface area contributed by atoms with Gasteiger partial charge in [-0.25, -0.2) is 9.97 Å². The third kappa shape index (κ3) is 3.85. The Kier molecular flexibility index (Phi) is 5.49. The zero-order valence-electron chi connectivity index (χ0n) is 12.3. The maximum Gasteiger partial charge on any atom is 0.133 e. The fourth-order valence-corrected chi connectivity index (χ4v) is 3.76. The van der Waals surface area contributed by atoms with Crippen molar-refractivity contribution in [2.45, 2.75) is 57.9 Å². The Bertz CT molecular complexity index is 414. The van der Waals surface area contributed by atoms with Crippen molar-refractivity contribution in [3.8, 4) is 0 Å². The SMILES string of the molecule is CCNc1nc(CC)nc(SCC2CCCC2)c1C. The lowest BCUT2D eigenvalue weighted by molar-refractivity contribution is 0.622. The molecular formula is C15H25N3S. The van der Waals surface area contributed by atoms with Gasteiger partial charge in [0.2, 0.25) is 0 Å². The molecule has 0 atom stereocenters. The Hall–Kier alpha value is -0.770. The van der Waals surface area contributed by atoms with E-state index in [-0.39, 0.29) is 0 Å². The zero-order chi connectivity index (χ0) is 13.7. The Labute approximate surface area is 121 Å². The van der Waals surface area contributed by atoms with Crippen LogP contribution in [0.3, 0.4) is 0 Å². The molecule has 1 saturated carbocycles. The van der Waals surface area contributed by atoms with Crippen LogP contribution < -0.4 is 5.32 Å². The third-order valence-electron chi connectivity index (χ3n) is 3.74. The highest BCUT2D eigenvalue weighted by Crippen LogP contribution is 2.32. The average Bonchev–Trinajstić information content (AvgIpc) is 2.93. The summed E-state index contributed by atoms with van der Waals surface area (Å²) in [7, 11) is 0. The molecule has 3 nitrogen and oxygen atoms in total. The Morgan fingerprint density at radius 1 is 1.21 bits per heavy atom. The van der Waals surface area contributed by atoms with E-state index in [2.05, 4.69) is 31.1 Å². The lowest BCUT2D eigenvalue weighted by Crippen LogP contribution is -2.08. The molecule has 4 heteroatoms. The van der Waals surface area contributed by atoms with Crippen LogP contribution in [0.4, 0.5) is 5.82 Å². The van der Waals surface area contributed by atoms with Crippen LogP contribution in [-0.4, -0.2) is 22.3 Å². The van der Waals surface area contributed by atoms with E-state index in [9.17, 15) is 0 Å². The highest BCUT2D eigenvalue weighted by atomic mass is 32.2. The lowest BCUT2D eigenvalue weighted by atomic mass is 10.1. The molecule has 0 aliphatic heterocycles. The molecule has 106 valence electrons. The van der Waals surface area contributed by atoms with Gasteiger partial charge in [-0.2, -0.15) is 0 Å². The van der Waals surface area contributed by atoms with E-state index >= 15 is 0 Å². The van der Waals surface area contributed by atoms with E-state index in [4.69, 9.17) is 4.98 Å². The van der Waals surface area contributed by atoms with Crippen LogP contribution in [0.2, 0.25) is 0 Å². The van der Waals surface area contributed by atoms with Crippen LogP contribution >= 0.6 is 11.8 Å². The molecule has 1 aromatic rings. The quantitative estimate of drug-likeness (QED) is 0.629. The van der Waals surface area contributed by atoms with Gasteiger partial charge in [-0.3, -0.25) is 0 Å². The maximum absolute atomic E-state index is 4.71. The largest absolute Gasteiger partial charge is 0.370 e. The second-order valence-electron chi connectivity index (χ2n) is 5.26. The first kappa shape index (κ1) is 14.6. The molecule has 19 heavy (non-hydrogen) atoms. The van der Waals surface area contributed by atoms with E-state index in [0.717, 1.165) is 30.5 Å². The van der Waals surface area contributed by atoms with Gasteiger partial charge in [0.25, 0.3) is 0 Å². The molecule has 1 aliphatic carbocycles. The molecule has 0 radical (unpaired) electrons. The van der Waals surface area contributed by atoms with Gasteiger partial charge in [0.05, 0.1) is 0 Å². The van der Waals surface area contributed by atoms with Crippen molar-refractivity contribution in [3.63, 3.8) is 0 Å². The van der Waals surface area contributed by atoms with Gasteiger partial charge in [-0.15, -0.1) is 11.8 Å². The van der Waals surface area contributed by atoms with Gasteiger partial charge in [-0.05, 0) is 32.6 Å². The summed E-state index contributed by atoms with van der Waals surface area (Å²) >= 11 is 1.92. The maximum atomic E-state index is 4.71. The van der Waals surface area contributed by atoms with Crippen molar-refractivity contribution in [2.24, 2.45) is 5.92 Å². The molecule has 0 unspecified atom stereocenters. The van der Waals surface area contributed by atoms with Crippen LogP contribution in [0.5, 0.6) is 0 Å². The average molecular weight is 279 g/mol. The summed E-state index contributed by atoms with van der Waals surface area (Å²) in [5, 5.41) is 4.53. The molecule has 0 aromatic carbocycles. The molecule has 1 fully saturated rings. The van der Waals surface area contributed by atoms with Crippen LogP contribution in [-0.2, 0) is 6.42 Å². The van der Waals surface area contributed by atoms with Crippen molar-refractivity contribution in [1.82, 2.24) is 9.97 Å². The number of hydrogen-bond donors (Lipinski definition) is 1. The molecule has 0 saturated heterocycles. The minimum absolute atomic E-state index is 0.895. The minimum Gasteiger partial charge on any atom is -0.370 e. The van der Waals surface area contributed by atoms with Crippen molar-refractivity contribution >= 4 is 17.6 Å². The number of nitrogens with one attached hydrogen (secondary N) is 1. The van der Waals surface area contributed by atoms with E-state index in [1.807, 2.05) is 11.8 Å².